The Kier molecular flexibility index (Phi) is 5.37. The van der Waals surface area contributed by atoms with Crippen molar-refractivity contribution in [2.24, 2.45) is 0 Å². The highest BCUT2D eigenvalue weighted by molar-refractivity contribution is 6.32. The Balaban J connectivity index is 1.61. The minimum Gasteiger partial charge on any atom is -0.495 e. The van der Waals surface area contributed by atoms with Gasteiger partial charge in [0.15, 0.2) is 0 Å². The summed E-state index contributed by atoms with van der Waals surface area (Å²) in [6.07, 6.45) is 5.53. The van der Waals surface area contributed by atoms with Gasteiger partial charge in [-0.3, -0.25) is 0 Å². The monoisotopic (exact) mass is 348 g/mol. The largest absolute Gasteiger partial charge is 0.495 e. The molecule has 2 aromatic rings. The van der Waals surface area contributed by atoms with Gasteiger partial charge in [0.2, 0.25) is 0 Å². The number of benzene rings is 1. The van der Waals surface area contributed by atoms with Crippen LogP contribution in [0.3, 0.4) is 0 Å². The van der Waals surface area contributed by atoms with Crippen LogP contribution in [0.4, 0.5) is 11.6 Å². The molecule has 1 aromatic carbocycles. The van der Waals surface area contributed by atoms with Crippen molar-refractivity contribution in [1.29, 1.82) is 0 Å². The van der Waals surface area contributed by atoms with Crippen LogP contribution in [0.15, 0.2) is 30.6 Å². The number of aromatic nitrogens is 2. The van der Waals surface area contributed by atoms with E-state index in [4.69, 9.17) is 16.3 Å². The molecule has 1 fully saturated rings. The molecule has 0 saturated carbocycles. The van der Waals surface area contributed by atoms with E-state index in [2.05, 4.69) is 20.2 Å². The van der Waals surface area contributed by atoms with Gasteiger partial charge in [0.25, 0.3) is 0 Å². The van der Waals surface area contributed by atoms with Gasteiger partial charge in [0, 0.05) is 13.1 Å². The summed E-state index contributed by atoms with van der Waals surface area (Å²) in [5.74, 6) is 2.17. The van der Waals surface area contributed by atoms with E-state index in [1.165, 1.54) is 0 Å². The molecule has 0 spiro atoms. The molecule has 2 N–H and O–H groups in total. The minimum absolute atomic E-state index is 0.152. The average molecular weight is 349 g/mol. The zero-order valence-electron chi connectivity index (χ0n) is 13.6. The summed E-state index contributed by atoms with van der Waals surface area (Å²) >= 11 is 6.13. The van der Waals surface area contributed by atoms with Gasteiger partial charge in [0.05, 0.1) is 37.2 Å². The second kappa shape index (κ2) is 7.68. The van der Waals surface area contributed by atoms with Gasteiger partial charge < -0.3 is 20.1 Å². The third-order valence-electron chi connectivity index (χ3n) is 4.21. The number of halogens is 1. The van der Waals surface area contributed by atoms with E-state index in [0.29, 0.717) is 23.1 Å². The Hall–Kier alpha value is -2.05. The predicted octanol–water partition coefficient (Wildman–Crippen LogP) is 2.71. The third-order valence-corrected chi connectivity index (χ3v) is 4.51. The number of ether oxygens (including phenoxy) is 1. The summed E-state index contributed by atoms with van der Waals surface area (Å²) < 4.78 is 5.15. The minimum atomic E-state index is 0.152. The Morgan fingerprint density at radius 1 is 1.38 bits per heavy atom. The summed E-state index contributed by atoms with van der Waals surface area (Å²) in [5, 5.41) is 13.2. The van der Waals surface area contributed by atoms with E-state index in [0.717, 1.165) is 30.8 Å². The van der Waals surface area contributed by atoms with Crippen molar-refractivity contribution in [1.82, 2.24) is 9.97 Å². The molecule has 6 nitrogen and oxygen atoms in total. The molecule has 1 saturated heterocycles. The van der Waals surface area contributed by atoms with Crippen LogP contribution >= 0.6 is 11.6 Å². The lowest BCUT2D eigenvalue weighted by atomic mass is 10.2. The molecule has 0 amide bonds. The van der Waals surface area contributed by atoms with Crippen LogP contribution in [0.1, 0.15) is 18.4 Å². The summed E-state index contributed by atoms with van der Waals surface area (Å²) in [6.45, 7) is 1.66. The smallest absolute Gasteiger partial charge is 0.147 e. The van der Waals surface area contributed by atoms with E-state index >= 15 is 0 Å². The molecular weight excluding hydrogens is 328 g/mol. The van der Waals surface area contributed by atoms with Crippen LogP contribution in [0.25, 0.3) is 0 Å². The van der Waals surface area contributed by atoms with Crippen LogP contribution in [0.5, 0.6) is 5.75 Å². The Morgan fingerprint density at radius 2 is 2.25 bits per heavy atom. The number of methoxy groups -OCH3 is 1. The van der Waals surface area contributed by atoms with Gasteiger partial charge in [0.1, 0.15) is 17.4 Å². The topological polar surface area (TPSA) is 70.5 Å². The molecule has 1 unspecified atom stereocenters. The lowest BCUT2D eigenvalue weighted by Crippen LogP contribution is -2.32. The Morgan fingerprint density at radius 3 is 2.92 bits per heavy atom. The number of hydrogen-bond donors (Lipinski definition) is 2. The zero-order valence-corrected chi connectivity index (χ0v) is 14.3. The molecule has 3 rings (SSSR count). The fourth-order valence-electron chi connectivity index (χ4n) is 2.90. The number of anilines is 2. The van der Waals surface area contributed by atoms with Gasteiger partial charge >= 0.3 is 0 Å². The van der Waals surface area contributed by atoms with Crippen LogP contribution in [0.2, 0.25) is 5.02 Å². The number of rotatable bonds is 6. The summed E-state index contributed by atoms with van der Waals surface area (Å²) in [6, 6.07) is 5.82. The Bertz CT molecular complexity index is 681. The summed E-state index contributed by atoms with van der Waals surface area (Å²) in [5.41, 5.74) is 1.03. The molecule has 0 bridgehead atoms. The number of aliphatic hydroxyl groups is 1. The highest BCUT2D eigenvalue weighted by Crippen LogP contribution is 2.26. The number of nitrogens with zero attached hydrogens (tertiary/aromatic N) is 3. The van der Waals surface area contributed by atoms with Gasteiger partial charge in [-0.1, -0.05) is 17.7 Å². The van der Waals surface area contributed by atoms with Gasteiger partial charge in [-0.25, -0.2) is 9.97 Å². The molecule has 2 heterocycles. The molecule has 1 atom stereocenters. The highest BCUT2D eigenvalue weighted by Gasteiger charge is 2.24. The highest BCUT2D eigenvalue weighted by atomic mass is 35.5. The van der Waals surface area contributed by atoms with E-state index in [9.17, 15) is 5.11 Å². The fourth-order valence-corrected chi connectivity index (χ4v) is 3.18. The summed E-state index contributed by atoms with van der Waals surface area (Å²) in [4.78, 5) is 11.0. The van der Waals surface area contributed by atoms with Crippen molar-refractivity contribution in [3.63, 3.8) is 0 Å². The molecular formula is C17H21ClN4O2. The number of nitrogens with one attached hydrogen (secondary N) is 1. The molecule has 0 aliphatic carbocycles. The van der Waals surface area contributed by atoms with Crippen molar-refractivity contribution >= 4 is 23.2 Å². The van der Waals surface area contributed by atoms with Gasteiger partial charge in [-0.15, -0.1) is 0 Å². The van der Waals surface area contributed by atoms with Crippen molar-refractivity contribution in [3.05, 3.63) is 41.2 Å². The lowest BCUT2D eigenvalue weighted by molar-refractivity contribution is 0.266. The standard InChI is InChI=1S/C17H21ClN4O2/c1-24-15-5-4-12(7-14(15)18)8-19-16-9-21-17(10-20-16)22-6-2-3-13(22)11-23/h4-5,7,9-10,13,23H,2-3,6,8,11H2,1H3,(H,19,20). The van der Waals surface area contributed by atoms with E-state index < -0.39 is 0 Å². The van der Waals surface area contributed by atoms with Crippen molar-refractivity contribution in [2.75, 3.05) is 30.5 Å². The molecule has 1 aliphatic heterocycles. The maximum atomic E-state index is 9.40. The van der Waals surface area contributed by atoms with Gasteiger partial charge in [-0.05, 0) is 30.5 Å². The molecule has 1 aromatic heterocycles. The molecule has 1 aliphatic rings. The predicted molar refractivity (Wildman–Crippen MR) is 94.8 cm³/mol. The van der Waals surface area contributed by atoms with E-state index in [1.54, 1.807) is 19.5 Å². The SMILES string of the molecule is COc1ccc(CNc2cnc(N3CCCC3CO)cn2)cc1Cl. The first-order chi connectivity index (χ1) is 11.7. The normalized spacial score (nSPS) is 17.1. The van der Waals surface area contributed by atoms with Crippen LogP contribution in [-0.4, -0.2) is 41.4 Å². The van der Waals surface area contributed by atoms with Crippen molar-refractivity contribution < 1.29 is 9.84 Å². The third kappa shape index (κ3) is 3.71. The maximum absolute atomic E-state index is 9.40. The number of hydrogen-bond acceptors (Lipinski definition) is 6. The first-order valence-electron chi connectivity index (χ1n) is 7.97. The van der Waals surface area contributed by atoms with Crippen LogP contribution in [-0.2, 0) is 6.54 Å². The first kappa shape index (κ1) is 16.8. The molecule has 24 heavy (non-hydrogen) atoms. The average Bonchev–Trinajstić information content (AvgIpc) is 3.09. The fraction of sp³-hybridized carbons (Fsp3) is 0.412. The molecule has 7 heteroatoms. The summed E-state index contributed by atoms with van der Waals surface area (Å²) in [7, 11) is 1.60. The van der Waals surface area contributed by atoms with E-state index in [-0.39, 0.29) is 12.6 Å². The molecule has 0 radical (unpaired) electrons. The quantitative estimate of drug-likeness (QED) is 0.836. The second-order valence-corrected chi connectivity index (χ2v) is 6.16. The van der Waals surface area contributed by atoms with Gasteiger partial charge in [-0.2, -0.15) is 0 Å². The Labute approximate surface area is 146 Å². The van der Waals surface area contributed by atoms with E-state index in [1.807, 2.05) is 18.2 Å². The van der Waals surface area contributed by atoms with Crippen molar-refractivity contribution in [3.8, 4) is 5.75 Å². The lowest BCUT2D eigenvalue weighted by Gasteiger charge is -2.23. The van der Waals surface area contributed by atoms with Crippen molar-refractivity contribution in [2.45, 2.75) is 25.4 Å². The second-order valence-electron chi connectivity index (χ2n) is 5.75. The maximum Gasteiger partial charge on any atom is 0.147 e. The van der Waals surface area contributed by atoms with Crippen LogP contribution in [0, 0.1) is 0 Å². The number of aliphatic hydroxyl groups excluding tert-OH is 1. The molecule has 128 valence electrons. The van der Waals surface area contributed by atoms with Crippen LogP contribution < -0.4 is 15.0 Å². The first-order valence-corrected chi connectivity index (χ1v) is 8.35. The zero-order chi connectivity index (χ0) is 16.9.